The van der Waals surface area contributed by atoms with Gasteiger partial charge in [-0.2, -0.15) is 0 Å². The Kier molecular flexibility index (Phi) is 5.02. The lowest BCUT2D eigenvalue weighted by Crippen LogP contribution is -1.97. The third-order valence-electron chi connectivity index (χ3n) is 0.882. The molecule has 12 heavy (non-hydrogen) atoms. The SMILES string of the molecule is NS(=O)[O-].Oc1ccccc1O. The molecule has 1 unspecified atom stereocenters. The number of nitrogens with two attached hydrogens (primary N) is 1. The molecule has 1 atom stereocenters. The van der Waals surface area contributed by atoms with E-state index in [4.69, 9.17) is 19.0 Å². The van der Waals surface area contributed by atoms with Gasteiger partial charge in [-0.3, -0.25) is 9.35 Å². The van der Waals surface area contributed by atoms with Gasteiger partial charge >= 0.3 is 0 Å². The van der Waals surface area contributed by atoms with Gasteiger partial charge in [0.1, 0.15) is 0 Å². The van der Waals surface area contributed by atoms with Crippen molar-refractivity contribution >= 4 is 11.3 Å². The van der Waals surface area contributed by atoms with Crippen LogP contribution in [0.4, 0.5) is 0 Å². The molecule has 6 heteroatoms. The molecule has 0 bridgehead atoms. The molecule has 0 aliphatic carbocycles. The summed E-state index contributed by atoms with van der Waals surface area (Å²) < 4.78 is 17.6. The van der Waals surface area contributed by atoms with Gasteiger partial charge in [-0.15, -0.1) is 0 Å². The van der Waals surface area contributed by atoms with Gasteiger partial charge in [-0.25, -0.2) is 0 Å². The monoisotopic (exact) mass is 190 g/mol. The minimum Gasteiger partial charge on any atom is -0.760 e. The summed E-state index contributed by atoms with van der Waals surface area (Å²) in [6.45, 7) is 0. The van der Waals surface area contributed by atoms with Gasteiger partial charge in [-0.05, 0) is 12.1 Å². The molecule has 0 radical (unpaired) electrons. The Labute approximate surface area is 71.9 Å². The first-order valence-electron chi connectivity index (χ1n) is 2.84. The molecule has 0 amide bonds. The fraction of sp³-hybridized carbons (Fsp3) is 0. The summed E-state index contributed by atoms with van der Waals surface area (Å²) in [5.74, 6) is -0.153. The van der Waals surface area contributed by atoms with E-state index in [1.807, 2.05) is 0 Å². The van der Waals surface area contributed by atoms with Gasteiger partial charge in [-0.1, -0.05) is 12.1 Å². The van der Waals surface area contributed by atoms with Crippen LogP contribution in [0, 0.1) is 0 Å². The smallest absolute Gasteiger partial charge is 0.157 e. The zero-order chi connectivity index (χ0) is 9.56. The highest BCUT2D eigenvalue weighted by molar-refractivity contribution is 7.76. The fourth-order valence-corrected chi connectivity index (χ4v) is 0.464. The van der Waals surface area contributed by atoms with Crippen molar-refractivity contribution in [2.24, 2.45) is 5.14 Å². The van der Waals surface area contributed by atoms with E-state index in [2.05, 4.69) is 5.14 Å². The van der Waals surface area contributed by atoms with E-state index in [0.717, 1.165) is 0 Å². The first-order chi connectivity index (χ1) is 5.54. The molecular formula is C6H8NO4S-. The number of phenols is 2. The maximum absolute atomic E-state index is 8.78. The molecule has 0 aliphatic rings. The molecule has 0 heterocycles. The Hall–Kier alpha value is -1.11. The van der Waals surface area contributed by atoms with E-state index in [0.29, 0.717) is 0 Å². The third-order valence-corrected chi connectivity index (χ3v) is 0.882. The number of hydrogen-bond donors (Lipinski definition) is 3. The number of benzene rings is 1. The predicted octanol–water partition coefficient (Wildman–Crippen LogP) is -0.163. The van der Waals surface area contributed by atoms with Crippen LogP contribution in [-0.4, -0.2) is 19.0 Å². The van der Waals surface area contributed by atoms with E-state index in [1.54, 1.807) is 12.1 Å². The Bertz CT molecular complexity index is 240. The Morgan fingerprint density at radius 2 is 1.50 bits per heavy atom. The van der Waals surface area contributed by atoms with Gasteiger partial charge in [0.05, 0.1) is 0 Å². The molecule has 0 spiro atoms. The number of rotatable bonds is 0. The topological polar surface area (TPSA) is 107 Å². The van der Waals surface area contributed by atoms with E-state index in [-0.39, 0.29) is 11.5 Å². The first-order valence-corrected chi connectivity index (χ1v) is 3.98. The molecule has 0 saturated heterocycles. The third kappa shape index (κ3) is 5.66. The highest BCUT2D eigenvalue weighted by Crippen LogP contribution is 2.21. The molecule has 0 aliphatic heterocycles. The molecule has 0 fully saturated rings. The van der Waals surface area contributed by atoms with Crippen LogP contribution in [0.2, 0.25) is 0 Å². The van der Waals surface area contributed by atoms with Gasteiger partial charge < -0.3 is 14.8 Å². The largest absolute Gasteiger partial charge is 0.760 e. The molecule has 4 N–H and O–H groups in total. The maximum atomic E-state index is 8.78. The van der Waals surface area contributed by atoms with Crippen molar-refractivity contribution in [3.63, 3.8) is 0 Å². The molecule has 0 aromatic heterocycles. The summed E-state index contributed by atoms with van der Waals surface area (Å²) in [6, 6.07) is 6.15. The second-order valence-electron chi connectivity index (χ2n) is 1.75. The van der Waals surface area contributed by atoms with Gasteiger partial charge in [0, 0.05) is 11.3 Å². The molecule has 1 aromatic carbocycles. The van der Waals surface area contributed by atoms with Crippen molar-refractivity contribution in [3.8, 4) is 11.5 Å². The van der Waals surface area contributed by atoms with Crippen LogP contribution in [-0.2, 0) is 11.3 Å². The first kappa shape index (κ1) is 10.9. The van der Waals surface area contributed by atoms with Crippen LogP contribution in [0.15, 0.2) is 24.3 Å². The summed E-state index contributed by atoms with van der Waals surface area (Å²) >= 11 is -2.36. The normalized spacial score (nSPS) is 11.2. The lowest BCUT2D eigenvalue weighted by Gasteiger charge is -1.91. The summed E-state index contributed by atoms with van der Waals surface area (Å²) in [5.41, 5.74) is 0. The number of hydrogen-bond acceptors (Lipinski definition) is 4. The minimum atomic E-state index is -2.36. The van der Waals surface area contributed by atoms with Gasteiger partial charge in [0.15, 0.2) is 11.5 Å². The highest BCUT2D eigenvalue weighted by Gasteiger charge is 1.90. The fourth-order valence-electron chi connectivity index (χ4n) is 0.464. The number of aromatic hydroxyl groups is 2. The average Bonchev–Trinajstić information content (AvgIpc) is 1.94. The van der Waals surface area contributed by atoms with Crippen LogP contribution in [0.3, 0.4) is 0 Å². The van der Waals surface area contributed by atoms with E-state index >= 15 is 0 Å². The second-order valence-corrected chi connectivity index (χ2v) is 2.27. The second kappa shape index (κ2) is 5.53. The van der Waals surface area contributed by atoms with Crippen molar-refractivity contribution < 1.29 is 19.0 Å². The Morgan fingerprint density at radius 1 is 1.25 bits per heavy atom. The van der Waals surface area contributed by atoms with E-state index < -0.39 is 11.3 Å². The van der Waals surface area contributed by atoms with Crippen LogP contribution in [0.25, 0.3) is 0 Å². The summed E-state index contributed by atoms with van der Waals surface area (Å²) in [6.07, 6.45) is 0. The van der Waals surface area contributed by atoms with E-state index in [9.17, 15) is 0 Å². The van der Waals surface area contributed by atoms with Crippen molar-refractivity contribution in [1.82, 2.24) is 0 Å². The maximum Gasteiger partial charge on any atom is 0.157 e. The quantitative estimate of drug-likeness (QED) is 0.390. The number of phenolic OH excluding ortho intramolecular Hbond substituents is 2. The zero-order valence-corrected chi connectivity index (χ0v) is 6.82. The molecule has 5 nitrogen and oxygen atoms in total. The lowest BCUT2D eigenvalue weighted by molar-refractivity contribution is 0.404. The number of para-hydroxylation sites is 2. The molecule has 68 valence electrons. The zero-order valence-electron chi connectivity index (χ0n) is 6.01. The van der Waals surface area contributed by atoms with Crippen molar-refractivity contribution in [2.45, 2.75) is 0 Å². The molecule has 1 aromatic rings. The predicted molar refractivity (Wildman–Crippen MR) is 42.9 cm³/mol. The van der Waals surface area contributed by atoms with Crippen molar-refractivity contribution in [1.29, 1.82) is 0 Å². The van der Waals surface area contributed by atoms with Crippen LogP contribution >= 0.6 is 0 Å². The molecule has 0 saturated carbocycles. The molecule has 1 rings (SSSR count). The Morgan fingerprint density at radius 3 is 1.67 bits per heavy atom. The molecular weight excluding hydrogens is 182 g/mol. The Balaban J connectivity index is 0.000000261. The van der Waals surface area contributed by atoms with Gasteiger partial charge in [0.2, 0.25) is 0 Å². The van der Waals surface area contributed by atoms with Crippen LogP contribution in [0.5, 0.6) is 11.5 Å². The van der Waals surface area contributed by atoms with E-state index in [1.165, 1.54) is 12.1 Å². The summed E-state index contributed by atoms with van der Waals surface area (Å²) in [5, 5.41) is 21.4. The van der Waals surface area contributed by atoms with Crippen molar-refractivity contribution in [2.75, 3.05) is 0 Å². The lowest BCUT2D eigenvalue weighted by atomic mass is 10.3. The average molecular weight is 190 g/mol. The van der Waals surface area contributed by atoms with Gasteiger partial charge in [0.25, 0.3) is 0 Å². The van der Waals surface area contributed by atoms with Crippen molar-refractivity contribution in [3.05, 3.63) is 24.3 Å². The van der Waals surface area contributed by atoms with Crippen LogP contribution in [0.1, 0.15) is 0 Å². The van der Waals surface area contributed by atoms with Crippen LogP contribution < -0.4 is 5.14 Å². The standard InChI is InChI=1S/C6H6O2.H3NO2S/c7-5-3-1-2-4-6(5)8;1-4(2)3/h1-4,7-8H;1H2,(H,2,3)/p-1. The minimum absolute atomic E-state index is 0.0764. The highest BCUT2D eigenvalue weighted by atomic mass is 32.2. The summed E-state index contributed by atoms with van der Waals surface area (Å²) in [4.78, 5) is 0. The summed E-state index contributed by atoms with van der Waals surface area (Å²) in [7, 11) is 0.